The molecule has 0 bridgehead atoms. The zero-order valence-corrected chi connectivity index (χ0v) is 15.3. The van der Waals surface area contributed by atoms with Gasteiger partial charge in [-0.2, -0.15) is 0 Å². The van der Waals surface area contributed by atoms with Crippen LogP contribution in [0, 0.1) is 0 Å². The van der Waals surface area contributed by atoms with Crippen molar-refractivity contribution < 1.29 is 0 Å². The van der Waals surface area contributed by atoms with E-state index in [1.807, 2.05) is 12.1 Å². The average molecular weight is 310 g/mol. The Morgan fingerprint density at radius 1 is 0.826 bits per heavy atom. The van der Waals surface area contributed by atoms with E-state index in [1.54, 1.807) is 0 Å². The second-order valence-electron chi connectivity index (χ2n) is 8.37. The molecular formula is C21H30N2. The highest BCUT2D eigenvalue weighted by atomic mass is 15.0. The lowest BCUT2D eigenvalue weighted by Crippen LogP contribution is -2.39. The zero-order valence-electron chi connectivity index (χ0n) is 15.3. The van der Waals surface area contributed by atoms with Gasteiger partial charge in [0, 0.05) is 11.2 Å². The summed E-state index contributed by atoms with van der Waals surface area (Å²) in [5.41, 5.74) is 10.8. The molecular weight excluding hydrogens is 280 g/mol. The summed E-state index contributed by atoms with van der Waals surface area (Å²) >= 11 is 0. The largest absolute Gasteiger partial charge is 0.399 e. The molecule has 2 heteroatoms. The van der Waals surface area contributed by atoms with Crippen LogP contribution in [0.4, 0.5) is 5.69 Å². The maximum absolute atomic E-state index is 5.99. The minimum atomic E-state index is 0.0119. The molecule has 23 heavy (non-hydrogen) atoms. The number of hydrogen-bond acceptors (Lipinski definition) is 2. The smallest absolute Gasteiger partial charge is 0.0581 e. The lowest BCUT2D eigenvalue weighted by Gasteiger charge is -2.30. The van der Waals surface area contributed by atoms with Crippen LogP contribution in [0.1, 0.15) is 64.3 Å². The minimum Gasteiger partial charge on any atom is -0.399 e. The molecule has 3 N–H and O–H groups in total. The van der Waals surface area contributed by atoms with E-state index in [0.717, 1.165) is 5.69 Å². The summed E-state index contributed by atoms with van der Waals surface area (Å²) < 4.78 is 0. The first-order valence-electron chi connectivity index (χ1n) is 8.30. The first-order valence-corrected chi connectivity index (χ1v) is 8.30. The Morgan fingerprint density at radius 3 is 1.91 bits per heavy atom. The predicted molar refractivity (Wildman–Crippen MR) is 101 cm³/mol. The van der Waals surface area contributed by atoms with Crippen molar-refractivity contribution in [1.29, 1.82) is 0 Å². The highest BCUT2D eigenvalue weighted by Crippen LogP contribution is 2.29. The molecule has 0 aliphatic rings. The Kier molecular flexibility index (Phi) is 4.86. The van der Waals surface area contributed by atoms with Crippen molar-refractivity contribution in [1.82, 2.24) is 5.32 Å². The molecule has 2 aromatic rings. The summed E-state index contributed by atoms with van der Waals surface area (Å²) in [6.07, 6.45) is 0. The normalized spacial score (nSPS) is 13.8. The van der Waals surface area contributed by atoms with E-state index in [1.165, 1.54) is 16.7 Å². The molecule has 2 rings (SSSR count). The molecule has 0 radical (unpaired) electrons. The highest BCUT2D eigenvalue weighted by Gasteiger charge is 2.21. The molecule has 2 aromatic carbocycles. The fraction of sp³-hybridized carbons (Fsp3) is 0.429. The lowest BCUT2D eigenvalue weighted by atomic mass is 9.85. The fourth-order valence-corrected chi connectivity index (χ4v) is 2.71. The molecule has 0 saturated carbocycles. The number of benzene rings is 2. The third-order valence-corrected chi connectivity index (χ3v) is 3.93. The van der Waals surface area contributed by atoms with Gasteiger partial charge in [0.1, 0.15) is 0 Å². The molecule has 0 unspecified atom stereocenters. The summed E-state index contributed by atoms with van der Waals surface area (Å²) in [5, 5.41) is 3.72. The van der Waals surface area contributed by atoms with Crippen molar-refractivity contribution in [2.45, 2.75) is 58.5 Å². The van der Waals surface area contributed by atoms with E-state index < -0.39 is 0 Å². The van der Waals surface area contributed by atoms with Crippen LogP contribution in [0.15, 0.2) is 48.5 Å². The molecule has 0 aliphatic carbocycles. The van der Waals surface area contributed by atoms with Gasteiger partial charge >= 0.3 is 0 Å². The van der Waals surface area contributed by atoms with Gasteiger partial charge in [0.2, 0.25) is 0 Å². The van der Waals surface area contributed by atoms with Gasteiger partial charge < -0.3 is 11.1 Å². The molecule has 1 atom stereocenters. The Morgan fingerprint density at radius 2 is 1.43 bits per heavy atom. The number of nitrogens with one attached hydrogen (secondary N) is 1. The van der Waals surface area contributed by atoms with Crippen LogP contribution in [0.3, 0.4) is 0 Å². The van der Waals surface area contributed by atoms with E-state index in [4.69, 9.17) is 5.73 Å². The van der Waals surface area contributed by atoms with Crippen molar-refractivity contribution in [2.75, 3.05) is 5.73 Å². The van der Waals surface area contributed by atoms with E-state index in [2.05, 4.69) is 83.3 Å². The van der Waals surface area contributed by atoms with E-state index >= 15 is 0 Å². The van der Waals surface area contributed by atoms with Crippen LogP contribution >= 0.6 is 0 Å². The van der Waals surface area contributed by atoms with Gasteiger partial charge in [-0.3, -0.25) is 0 Å². The molecule has 124 valence electrons. The standard InChI is InChI=1S/C21H30N2/c1-20(2,3)17-12-10-15(11-13-17)19(23-21(4,5)6)16-8-7-9-18(22)14-16/h7-14,19,23H,22H2,1-6H3/t19-/m1/s1. The van der Waals surface area contributed by atoms with Crippen LogP contribution in [0.25, 0.3) is 0 Å². The number of nitrogens with two attached hydrogens (primary N) is 1. The maximum Gasteiger partial charge on any atom is 0.0581 e. The predicted octanol–water partition coefficient (Wildman–Crippen LogP) is 5.04. The Bertz CT molecular complexity index is 643. The number of anilines is 1. The summed E-state index contributed by atoms with van der Waals surface area (Å²) in [4.78, 5) is 0. The first kappa shape index (κ1) is 17.6. The summed E-state index contributed by atoms with van der Waals surface area (Å²) in [5.74, 6) is 0. The topological polar surface area (TPSA) is 38.0 Å². The number of nitrogen functional groups attached to an aromatic ring is 1. The number of hydrogen-bond donors (Lipinski definition) is 2. The summed E-state index contributed by atoms with van der Waals surface area (Å²) in [6.45, 7) is 13.3. The van der Waals surface area contributed by atoms with Crippen LogP contribution in [0.5, 0.6) is 0 Å². The SMILES string of the molecule is CC(C)(C)N[C@H](c1ccc(C(C)(C)C)cc1)c1cccc(N)c1. The van der Waals surface area contributed by atoms with Gasteiger partial charge in [-0.25, -0.2) is 0 Å². The first-order chi connectivity index (χ1) is 10.6. The third kappa shape index (κ3) is 4.84. The van der Waals surface area contributed by atoms with Gasteiger partial charge in [-0.15, -0.1) is 0 Å². The van der Waals surface area contributed by atoms with Crippen molar-refractivity contribution in [3.8, 4) is 0 Å². The van der Waals surface area contributed by atoms with Crippen molar-refractivity contribution in [2.24, 2.45) is 0 Å². The fourth-order valence-electron chi connectivity index (χ4n) is 2.71. The van der Waals surface area contributed by atoms with Crippen LogP contribution in [0.2, 0.25) is 0 Å². The van der Waals surface area contributed by atoms with Crippen LogP contribution in [-0.2, 0) is 5.41 Å². The quantitative estimate of drug-likeness (QED) is 0.779. The van der Waals surface area contributed by atoms with Gasteiger partial charge in [-0.1, -0.05) is 57.2 Å². The monoisotopic (exact) mass is 310 g/mol. The number of rotatable bonds is 3. The zero-order chi connectivity index (χ0) is 17.3. The van der Waals surface area contributed by atoms with Gasteiger partial charge in [0.25, 0.3) is 0 Å². The van der Waals surface area contributed by atoms with Crippen molar-refractivity contribution in [3.63, 3.8) is 0 Å². The molecule has 2 nitrogen and oxygen atoms in total. The molecule has 0 saturated heterocycles. The lowest BCUT2D eigenvalue weighted by molar-refractivity contribution is 0.391. The molecule has 0 aliphatic heterocycles. The van der Waals surface area contributed by atoms with E-state index in [0.29, 0.717) is 0 Å². The van der Waals surface area contributed by atoms with Crippen LogP contribution < -0.4 is 11.1 Å². The summed E-state index contributed by atoms with van der Waals surface area (Å²) in [7, 11) is 0. The summed E-state index contributed by atoms with van der Waals surface area (Å²) in [6, 6.07) is 17.2. The van der Waals surface area contributed by atoms with Crippen molar-refractivity contribution >= 4 is 5.69 Å². The molecule has 0 spiro atoms. The second kappa shape index (κ2) is 6.37. The Labute approximate surface area is 141 Å². The van der Waals surface area contributed by atoms with Gasteiger partial charge in [-0.05, 0) is 55.0 Å². The van der Waals surface area contributed by atoms with E-state index in [9.17, 15) is 0 Å². The van der Waals surface area contributed by atoms with Crippen LogP contribution in [-0.4, -0.2) is 5.54 Å². The van der Waals surface area contributed by atoms with Gasteiger partial charge in [0.15, 0.2) is 0 Å². The Hall–Kier alpha value is -1.80. The molecule has 0 heterocycles. The van der Waals surface area contributed by atoms with Crippen molar-refractivity contribution in [3.05, 3.63) is 65.2 Å². The Balaban J connectivity index is 2.41. The van der Waals surface area contributed by atoms with Gasteiger partial charge in [0.05, 0.1) is 6.04 Å². The molecule has 0 amide bonds. The average Bonchev–Trinajstić information content (AvgIpc) is 2.43. The third-order valence-electron chi connectivity index (χ3n) is 3.93. The second-order valence-corrected chi connectivity index (χ2v) is 8.37. The maximum atomic E-state index is 5.99. The highest BCUT2D eigenvalue weighted by molar-refractivity contribution is 5.45. The van der Waals surface area contributed by atoms with E-state index in [-0.39, 0.29) is 17.0 Å². The minimum absolute atomic E-state index is 0.0119. The molecule has 0 aromatic heterocycles. The molecule has 0 fully saturated rings.